The fourth-order valence-corrected chi connectivity index (χ4v) is 3.96. The van der Waals surface area contributed by atoms with Crippen molar-refractivity contribution in [3.63, 3.8) is 0 Å². The molecule has 166 valence electrons. The molecule has 2 N–H and O–H groups in total. The summed E-state index contributed by atoms with van der Waals surface area (Å²) in [7, 11) is 1.54. The molecule has 0 bridgehead atoms. The Morgan fingerprint density at radius 1 is 1.00 bits per heavy atom. The lowest BCUT2D eigenvalue weighted by atomic mass is 9.94. The van der Waals surface area contributed by atoms with E-state index >= 15 is 0 Å². The minimum Gasteiger partial charge on any atom is -0.449 e. The Morgan fingerprint density at radius 2 is 1.71 bits per heavy atom. The molecule has 1 aliphatic carbocycles. The van der Waals surface area contributed by atoms with E-state index in [4.69, 9.17) is 14.6 Å². The second-order valence-corrected chi connectivity index (χ2v) is 7.86. The summed E-state index contributed by atoms with van der Waals surface area (Å²) in [4.78, 5) is 24.4. The molecule has 1 amide bonds. The number of amides is 1. The maximum atomic E-state index is 12.7. The molecule has 1 unspecified atom stereocenters. The van der Waals surface area contributed by atoms with Gasteiger partial charge in [-0.3, -0.25) is 4.79 Å². The summed E-state index contributed by atoms with van der Waals surface area (Å²) >= 11 is 0. The van der Waals surface area contributed by atoms with Gasteiger partial charge in [0.05, 0.1) is 0 Å². The number of Topliss-reactive ketones (excluding diaryl/α,β-unsaturated/α-hetero) is 1. The highest BCUT2D eigenvalue weighted by Gasteiger charge is 2.30. The monoisotopic (exact) mass is 425 g/mol. The van der Waals surface area contributed by atoms with Crippen molar-refractivity contribution in [2.24, 2.45) is 0 Å². The Morgan fingerprint density at radius 3 is 2.45 bits per heavy atom. The third-order valence-corrected chi connectivity index (χ3v) is 5.60. The van der Waals surface area contributed by atoms with Gasteiger partial charge >= 0.3 is 6.09 Å². The first-order valence-electron chi connectivity index (χ1n) is 10.9. The first-order valence-corrected chi connectivity index (χ1v) is 10.9. The van der Waals surface area contributed by atoms with Gasteiger partial charge in [0.2, 0.25) is 0 Å². The van der Waals surface area contributed by atoms with Crippen LogP contribution in [0.3, 0.4) is 0 Å². The number of aliphatic hydroxyl groups is 1. The molecule has 6 heteroatoms. The van der Waals surface area contributed by atoms with Gasteiger partial charge in [0.25, 0.3) is 0 Å². The lowest BCUT2D eigenvalue weighted by Crippen LogP contribution is -2.22. The van der Waals surface area contributed by atoms with Crippen LogP contribution in [0.25, 0.3) is 11.1 Å². The van der Waals surface area contributed by atoms with Crippen LogP contribution in [-0.2, 0) is 9.47 Å². The van der Waals surface area contributed by atoms with Crippen LogP contribution in [-0.4, -0.2) is 50.5 Å². The topological polar surface area (TPSA) is 84.9 Å². The molecule has 1 aliphatic rings. The van der Waals surface area contributed by atoms with E-state index in [-0.39, 0.29) is 24.9 Å². The highest BCUT2D eigenvalue weighted by Crippen LogP contribution is 2.45. The second kappa shape index (κ2) is 11.1. The van der Waals surface area contributed by atoms with Crippen LogP contribution in [0.4, 0.5) is 4.79 Å². The van der Waals surface area contributed by atoms with E-state index in [0.29, 0.717) is 31.6 Å². The molecule has 3 rings (SSSR count). The van der Waals surface area contributed by atoms with Gasteiger partial charge in [0.15, 0.2) is 5.78 Å². The molecule has 0 spiro atoms. The number of carbonyl (C=O) groups excluding carboxylic acids is 2. The van der Waals surface area contributed by atoms with Gasteiger partial charge in [-0.1, -0.05) is 35.9 Å². The highest BCUT2D eigenvalue weighted by molar-refractivity contribution is 5.97. The number of aryl methyl sites for hydroxylation is 1. The Bertz CT molecular complexity index is 924. The lowest BCUT2D eigenvalue weighted by Gasteiger charge is -2.15. The molecule has 0 aliphatic heterocycles. The fourth-order valence-electron chi connectivity index (χ4n) is 3.96. The van der Waals surface area contributed by atoms with Crippen molar-refractivity contribution in [1.82, 2.24) is 5.32 Å². The van der Waals surface area contributed by atoms with E-state index < -0.39 is 6.09 Å². The molecule has 1 atom stereocenters. The number of carbonyl (C=O) groups is 2. The van der Waals surface area contributed by atoms with Crippen LogP contribution < -0.4 is 5.32 Å². The number of fused-ring (bicyclic) bond motifs is 3. The number of nitrogens with one attached hydrogen (secondary N) is 1. The Labute approximate surface area is 183 Å². The smallest absolute Gasteiger partial charge is 0.406 e. The van der Waals surface area contributed by atoms with Gasteiger partial charge in [0.1, 0.15) is 6.61 Å². The molecule has 0 radical (unpaired) electrons. The van der Waals surface area contributed by atoms with Gasteiger partial charge in [-0.2, -0.15) is 0 Å². The summed E-state index contributed by atoms with van der Waals surface area (Å²) in [6, 6.07) is 12.1. The van der Waals surface area contributed by atoms with Crippen LogP contribution in [0.5, 0.6) is 0 Å². The first kappa shape index (κ1) is 23.0. The van der Waals surface area contributed by atoms with Crippen molar-refractivity contribution in [3.8, 4) is 11.1 Å². The fraction of sp³-hybridized carbons (Fsp3) is 0.440. The summed E-state index contributed by atoms with van der Waals surface area (Å²) in [6.07, 6.45) is 2.19. The van der Waals surface area contributed by atoms with E-state index in [1.165, 1.54) is 7.05 Å². The van der Waals surface area contributed by atoms with Gasteiger partial charge in [-0.05, 0) is 54.5 Å². The van der Waals surface area contributed by atoms with Crippen molar-refractivity contribution in [2.45, 2.75) is 38.5 Å². The summed E-state index contributed by atoms with van der Waals surface area (Å²) in [5.74, 6) is -0.00956. The number of benzene rings is 2. The number of rotatable bonds is 11. The van der Waals surface area contributed by atoms with Gasteiger partial charge in [-0.15, -0.1) is 0 Å². The first-order chi connectivity index (χ1) is 15.0. The third kappa shape index (κ3) is 5.71. The van der Waals surface area contributed by atoms with E-state index in [1.54, 1.807) is 0 Å². The quantitative estimate of drug-likeness (QED) is 0.416. The summed E-state index contributed by atoms with van der Waals surface area (Å²) in [5, 5.41) is 11.3. The van der Waals surface area contributed by atoms with Crippen molar-refractivity contribution in [1.29, 1.82) is 0 Å². The molecule has 0 saturated carbocycles. The SMILES string of the molecule is CNC(=O)OCC1c2cc(C)ccc2-c2ccc(C(=O)CCCOCCCCO)cc21. The van der Waals surface area contributed by atoms with Crippen LogP contribution >= 0.6 is 0 Å². The minimum atomic E-state index is -0.464. The molecule has 6 nitrogen and oxygen atoms in total. The molecular formula is C25H31NO5. The number of hydrogen-bond donors (Lipinski definition) is 2. The predicted octanol–water partition coefficient (Wildman–Crippen LogP) is 4.22. The number of ether oxygens (including phenoxy) is 2. The zero-order chi connectivity index (χ0) is 22.2. The maximum absolute atomic E-state index is 12.7. The van der Waals surface area contributed by atoms with Crippen molar-refractivity contribution < 1.29 is 24.2 Å². The second-order valence-electron chi connectivity index (χ2n) is 7.86. The predicted molar refractivity (Wildman–Crippen MR) is 120 cm³/mol. The maximum Gasteiger partial charge on any atom is 0.406 e. The summed E-state index contributed by atoms with van der Waals surface area (Å²) in [5.41, 5.74) is 6.18. The van der Waals surface area contributed by atoms with E-state index in [0.717, 1.165) is 40.7 Å². The number of hydrogen-bond acceptors (Lipinski definition) is 5. The minimum absolute atomic E-state index is 0.0832. The molecule has 31 heavy (non-hydrogen) atoms. The van der Waals surface area contributed by atoms with Crippen LogP contribution in [0.2, 0.25) is 0 Å². The molecule has 2 aromatic rings. The Balaban J connectivity index is 1.70. The highest BCUT2D eigenvalue weighted by atomic mass is 16.5. The average Bonchev–Trinajstić information content (AvgIpc) is 3.08. The van der Waals surface area contributed by atoms with Crippen molar-refractivity contribution >= 4 is 11.9 Å². The van der Waals surface area contributed by atoms with E-state index in [9.17, 15) is 9.59 Å². The van der Waals surface area contributed by atoms with Crippen LogP contribution in [0, 0.1) is 6.92 Å². The van der Waals surface area contributed by atoms with Crippen molar-refractivity contribution in [3.05, 3.63) is 58.7 Å². The number of unbranched alkanes of at least 4 members (excludes halogenated alkanes) is 1. The number of aliphatic hydroxyl groups excluding tert-OH is 1. The third-order valence-electron chi connectivity index (χ3n) is 5.60. The molecule has 0 fully saturated rings. The van der Waals surface area contributed by atoms with Crippen molar-refractivity contribution in [2.75, 3.05) is 33.5 Å². The summed E-state index contributed by atoms with van der Waals surface area (Å²) in [6.45, 7) is 3.59. The zero-order valence-electron chi connectivity index (χ0n) is 18.3. The van der Waals surface area contributed by atoms with Gasteiger partial charge in [0, 0.05) is 44.8 Å². The lowest BCUT2D eigenvalue weighted by molar-refractivity contribution is 0.0929. The zero-order valence-corrected chi connectivity index (χ0v) is 18.3. The molecular weight excluding hydrogens is 394 g/mol. The summed E-state index contributed by atoms with van der Waals surface area (Å²) < 4.78 is 10.9. The van der Waals surface area contributed by atoms with Gasteiger partial charge < -0.3 is 19.9 Å². The standard InChI is InChI=1S/C25H31NO5/c1-17-7-9-19-20-10-8-18(24(28)6-5-13-30-12-4-3-11-27)15-22(20)23(21(19)14-17)16-31-25(29)26-2/h7-10,14-15,23,27H,3-6,11-13,16H2,1-2H3,(H,26,29). The molecule has 0 heterocycles. The van der Waals surface area contributed by atoms with Gasteiger partial charge in [-0.25, -0.2) is 4.79 Å². The van der Waals surface area contributed by atoms with Crippen LogP contribution in [0.15, 0.2) is 36.4 Å². The van der Waals surface area contributed by atoms with Crippen LogP contribution in [0.1, 0.15) is 58.6 Å². The molecule has 2 aromatic carbocycles. The number of alkyl carbamates (subject to hydrolysis) is 1. The molecule has 0 aromatic heterocycles. The largest absolute Gasteiger partial charge is 0.449 e. The number of ketones is 1. The van der Waals surface area contributed by atoms with E-state index in [1.807, 2.05) is 25.1 Å². The Kier molecular flexibility index (Phi) is 8.20. The normalized spacial score (nSPS) is 14.1. The average molecular weight is 426 g/mol. The van der Waals surface area contributed by atoms with E-state index in [2.05, 4.69) is 23.5 Å². The Hall–Kier alpha value is -2.70. The molecule has 0 saturated heterocycles.